The van der Waals surface area contributed by atoms with Gasteiger partial charge in [0.25, 0.3) is 0 Å². The van der Waals surface area contributed by atoms with E-state index in [-0.39, 0.29) is 18.0 Å². The molecule has 2 aliphatic rings. The summed E-state index contributed by atoms with van der Waals surface area (Å²) in [6, 6.07) is 5.29. The summed E-state index contributed by atoms with van der Waals surface area (Å²) in [5.74, 6) is 8.38. The number of ether oxygens (including phenoxy) is 2. The molecule has 1 saturated carbocycles. The highest BCUT2D eigenvalue weighted by molar-refractivity contribution is 8.00. The molecule has 2 aromatic rings. The van der Waals surface area contributed by atoms with Crippen molar-refractivity contribution in [3.05, 3.63) is 24.0 Å². The topological polar surface area (TPSA) is 104 Å². The second-order valence-corrected chi connectivity index (χ2v) is 7.11. The molecule has 24 heavy (non-hydrogen) atoms. The lowest BCUT2D eigenvalue weighted by Crippen LogP contribution is -2.23. The zero-order valence-corrected chi connectivity index (χ0v) is 13.9. The molecule has 0 spiro atoms. The Morgan fingerprint density at radius 1 is 1.38 bits per heavy atom. The van der Waals surface area contributed by atoms with Gasteiger partial charge < -0.3 is 20.6 Å². The van der Waals surface area contributed by atoms with Crippen molar-refractivity contribution < 1.29 is 14.3 Å². The van der Waals surface area contributed by atoms with Gasteiger partial charge in [-0.05, 0) is 31.9 Å². The number of aromatic nitrogens is 3. The molecule has 1 amide bonds. The number of thioether (sulfide) groups is 1. The van der Waals surface area contributed by atoms with Crippen LogP contribution in [0.15, 0.2) is 23.4 Å². The number of nitrogens with one attached hydrogen (secondary N) is 1. The van der Waals surface area contributed by atoms with E-state index in [2.05, 4.69) is 15.5 Å². The van der Waals surface area contributed by atoms with Crippen LogP contribution in [-0.2, 0) is 4.79 Å². The number of hydrogen-bond donors (Lipinski definition) is 2. The zero-order valence-electron chi connectivity index (χ0n) is 13.1. The summed E-state index contributed by atoms with van der Waals surface area (Å²) in [5.41, 5.74) is 0.657. The molecule has 0 bridgehead atoms. The third kappa shape index (κ3) is 2.86. The van der Waals surface area contributed by atoms with Gasteiger partial charge in [0.1, 0.15) is 0 Å². The molecule has 2 heterocycles. The molecular weight excluding hydrogens is 330 g/mol. The van der Waals surface area contributed by atoms with Crippen LogP contribution in [0.3, 0.4) is 0 Å². The Labute approximate surface area is 142 Å². The number of fused-ring (bicyclic) bond motifs is 1. The Hall–Kier alpha value is -2.42. The van der Waals surface area contributed by atoms with Crippen molar-refractivity contribution in [2.75, 3.05) is 18.0 Å². The average molecular weight is 347 g/mol. The summed E-state index contributed by atoms with van der Waals surface area (Å²) in [5, 5.41) is 11.2. The van der Waals surface area contributed by atoms with Crippen LogP contribution in [0.5, 0.6) is 11.5 Å². The van der Waals surface area contributed by atoms with Crippen molar-refractivity contribution >= 4 is 23.4 Å². The molecule has 1 fully saturated rings. The molecule has 126 valence electrons. The summed E-state index contributed by atoms with van der Waals surface area (Å²) in [4.78, 5) is 12.4. The number of nitrogens with two attached hydrogens (primary N) is 1. The van der Waals surface area contributed by atoms with Crippen molar-refractivity contribution in [3.63, 3.8) is 0 Å². The first-order valence-electron chi connectivity index (χ1n) is 7.69. The van der Waals surface area contributed by atoms with Gasteiger partial charge in [-0.3, -0.25) is 4.79 Å². The van der Waals surface area contributed by atoms with Gasteiger partial charge in [0, 0.05) is 17.7 Å². The predicted molar refractivity (Wildman–Crippen MR) is 88.7 cm³/mol. The standard InChI is InChI=1S/C15H17N5O3S/c1-8(24-15-19-18-13(20(15)16)9-2-3-9)14(21)17-10-4-5-11-12(6-10)23-7-22-11/h4-6,8-9H,2-3,7,16H2,1H3,(H,17,21)/t8-/m1/s1. The maximum Gasteiger partial charge on any atom is 0.237 e. The molecule has 1 aromatic heterocycles. The Balaban J connectivity index is 1.40. The molecule has 1 aliphatic heterocycles. The van der Waals surface area contributed by atoms with E-state index in [1.807, 2.05) is 0 Å². The van der Waals surface area contributed by atoms with Crippen molar-refractivity contribution in [3.8, 4) is 11.5 Å². The van der Waals surface area contributed by atoms with Gasteiger partial charge in [0.05, 0.1) is 5.25 Å². The number of anilines is 1. The monoisotopic (exact) mass is 347 g/mol. The van der Waals surface area contributed by atoms with E-state index in [4.69, 9.17) is 15.3 Å². The van der Waals surface area contributed by atoms with Crippen LogP contribution >= 0.6 is 11.8 Å². The van der Waals surface area contributed by atoms with E-state index in [1.54, 1.807) is 25.1 Å². The van der Waals surface area contributed by atoms with Crippen LogP contribution < -0.4 is 20.6 Å². The quantitative estimate of drug-likeness (QED) is 0.627. The van der Waals surface area contributed by atoms with E-state index >= 15 is 0 Å². The van der Waals surface area contributed by atoms with Crippen LogP contribution in [0.2, 0.25) is 0 Å². The number of hydrogen-bond acceptors (Lipinski definition) is 7. The highest BCUT2D eigenvalue weighted by Gasteiger charge is 2.30. The summed E-state index contributed by atoms with van der Waals surface area (Å²) in [6.07, 6.45) is 2.19. The van der Waals surface area contributed by atoms with Crippen LogP contribution in [0.25, 0.3) is 0 Å². The molecule has 1 aromatic carbocycles. The van der Waals surface area contributed by atoms with Crippen LogP contribution in [0, 0.1) is 0 Å². The summed E-state index contributed by atoms with van der Waals surface area (Å²) >= 11 is 1.29. The second-order valence-electron chi connectivity index (χ2n) is 5.80. The maximum absolute atomic E-state index is 12.4. The largest absolute Gasteiger partial charge is 0.454 e. The van der Waals surface area contributed by atoms with Gasteiger partial charge in [-0.1, -0.05) is 11.8 Å². The number of benzene rings is 1. The lowest BCUT2D eigenvalue weighted by atomic mass is 10.2. The van der Waals surface area contributed by atoms with E-state index in [9.17, 15) is 4.79 Å². The highest BCUT2D eigenvalue weighted by Crippen LogP contribution is 2.39. The fourth-order valence-electron chi connectivity index (χ4n) is 2.42. The van der Waals surface area contributed by atoms with Crippen molar-refractivity contribution in [1.29, 1.82) is 0 Å². The lowest BCUT2D eigenvalue weighted by Gasteiger charge is -2.12. The number of rotatable bonds is 5. The number of nitrogens with zero attached hydrogens (tertiary/aromatic N) is 3. The Bertz CT molecular complexity index is 789. The molecule has 8 nitrogen and oxygen atoms in total. The van der Waals surface area contributed by atoms with Crippen molar-refractivity contribution in [1.82, 2.24) is 14.9 Å². The Morgan fingerprint density at radius 2 is 2.17 bits per heavy atom. The molecule has 9 heteroatoms. The average Bonchev–Trinajstić information content (AvgIpc) is 3.19. The molecular formula is C15H17N5O3S. The van der Waals surface area contributed by atoms with Gasteiger partial charge in [0.2, 0.25) is 17.9 Å². The first kappa shape index (κ1) is 15.1. The van der Waals surface area contributed by atoms with E-state index in [0.717, 1.165) is 18.7 Å². The van der Waals surface area contributed by atoms with Crippen LogP contribution in [0.1, 0.15) is 31.5 Å². The van der Waals surface area contributed by atoms with Gasteiger partial charge in [-0.15, -0.1) is 10.2 Å². The van der Waals surface area contributed by atoms with E-state index in [0.29, 0.717) is 28.3 Å². The van der Waals surface area contributed by atoms with Crippen LogP contribution in [0.4, 0.5) is 5.69 Å². The number of carbonyl (C=O) groups is 1. The first-order chi connectivity index (χ1) is 11.6. The van der Waals surface area contributed by atoms with E-state index < -0.39 is 0 Å². The summed E-state index contributed by atoms with van der Waals surface area (Å²) in [7, 11) is 0. The molecule has 1 aliphatic carbocycles. The van der Waals surface area contributed by atoms with E-state index in [1.165, 1.54) is 16.4 Å². The zero-order chi connectivity index (χ0) is 16.7. The third-order valence-electron chi connectivity index (χ3n) is 3.92. The molecule has 0 radical (unpaired) electrons. The van der Waals surface area contributed by atoms with Gasteiger partial charge in [0.15, 0.2) is 17.3 Å². The minimum absolute atomic E-state index is 0.144. The number of carbonyl (C=O) groups excluding carboxylic acids is 1. The molecule has 3 N–H and O–H groups in total. The summed E-state index contributed by atoms with van der Waals surface area (Å²) < 4.78 is 12.1. The smallest absolute Gasteiger partial charge is 0.237 e. The SMILES string of the molecule is C[C@@H](Sc1nnc(C2CC2)n1N)C(=O)Nc1ccc2c(c1)OCO2. The van der Waals surface area contributed by atoms with Gasteiger partial charge >= 0.3 is 0 Å². The Morgan fingerprint density at radius 3 is 2.96 bits per heavy atom. The minimum Gasteiger partial charge on any atom is -0.454 e. The van der Waals surface area contributed by atoms with Gasteiger partial charge in [-0.2, -0.15) is 0 Å². The summed E-state index contributed by atoms with van der Waals surface area (Å²) in [6.45, 7) is 2.01. The Kier molecular flexibility index (Phi) is 3.72. The third-order valence-corrected chi connectivity index (χ3v) is 4.98. The van der Waals surface area contributed by atoms with Gasteiger partial charge in [-0.25, -0.2) is 4.68 Å². The number of nitrogen functional groups attached to an aromatic ring is 1. The van der Waals surface area contributed by atoms with Crippen LogP contribution in [-0.4, -0.2) is 32.8 Å². The predicted octanol–water partition coefficient (Wildman–Crippen LogP) is 1.72. The highest BCUT2D eigenvalue weighted by atomic mass is 32.2. The second kappa shape index (κ2) is 5.90. The van der Waals surface area contributed by atoms with Crippen molar-refractivity contribution in [2.45, 2.75) is 36.1 Å². The maximum atomic E-state index is 12.4. The first-order valence-corrected chi connectivity index (χ1v) is 8.57. The number of amides is 1. The fourth-order valence-corrected chi connectivity index (χ4v) is 3.20. The molecule has 4 rings (SSSR count). The normalized spacial score (nSPS) is 16.9. The molecule has 0 saturated heterocycles. The molecule has 1 atom stereocenters. The molecule has 0 unspecified atom stereocenters. The lowest BCUT2D eigenvalue weighted by molar-refractivity contribution is -0.115. The fraction of sp³-hybridized carbons (Fsp3) is 0.400. The van der Waals surface area contributed by atoms with Crippen molar-refractivity contribution in [2.24, 2.45) is 0 Å². The minimum atomic E-state index is -0.367.